The Morgan fingerprint density at radius 3 is 2.54 bits per heavy atom. The van der Waals surface area contributed by atoms with E-state index in [1.165, 1.54) is 22.8 Å². The van der Waals surface area contributed by atoms with Gasteiger partial charge in [-0.05, 0) is 62.7 Å². The van der Waals surface area contributed by atoms with Crippen molar-refractivity contribution in [3.05, 3.63) is 109 Å². The number of hydrogen-bond donors (Lipinski definition) is 0. The molecule has 2 aromatic carbocycles. The molecule has 1 aliphatic rings. The monoisotopic (exact) mass is 582 g/mol. The molecule has 5 rings (SSSR count). The fraction of sp³-hybridized carbons (Fsp3) is 0.233. The molecule has 0 saturated heterocycles. The molecule has 0 saturated carbocycles. The van der Waals surface area contributed by atoms with Crippen LogP contribution >= 0.6 is 11.3 Å². The molecule has 0 amide bonds. The highest BCUT2D eigenvalue weighted by molar-refractivity contribution is 7.07. The van der Waals surface area contributed by atoms with E-state index in [-0.39, 0.29) is 33.8 Å². The van der Waals surface area contributed by atoms with Crippen LogP contribution in [-0.2, 0) is 15.7 Å². The Kier molecular flexibility index (Phi) is 7.72. The predicted octanol–water partition coefficient (Wildman–Crippen LogP) is 5.48. The van der Waals surface area contributed by atoms with Gasteiger partial charge in [0.25, 0.3) is 5.56 Å². The molecule has 41 heavy (non-hydrogen) atoms. The van der Waals surface area contributed by atoms with Crippen molar-refractivity contribution in [1.29, 1.82) is 0 Å². The number of esters is 1. The summed E-state index contributed by atoms with van der Waals surface area (Å²) < 4.78 is 57.9. The van der Waals surface area contributed by atoms with E-state index in [1.807, 2.05) is 6.92 Å². The molecule has 3 heterocycles. The maximum Gasteiger partial charge on any atom is 0.416 e. The number of benzene rings is 2. The van der Waals surface area contributed by atoms with Crippen molar-refractivity contribution < 1.29 is 31.9 Å². The molecule has 0 aliphatic carbocycles. The summed E-state index contributed by atoms with van der Waals surface area (Å²) in [5.41, 5.74) is 0.413. The highest BCUT2D eigenvalue weighted by atomic mass is 32.1. The summed E-state index contributed by atoms with van der Waals surface area (Å²) in [6.07, 6.45) is -2.97. The van der Waals surface area contributed by atoms with Crippen LogP contribution < -0.4 is 19.6 Å². The van der Waals surface area contributed by atoms with Gasteiger partial charge in [-0.25, -0.2) is 9.79 Å². The number of thiazole rings is 1. The average molecular weight is 583 g/mol. The fourth-order valence-corrected chi connectivity index (χ4v) is 5.61. The highest BCUT2D eigenvalue weighted by Crippen LogP contribution is 2.33. The van der Waals surface area contributed by atoms with Crippen molar-refractivity contribution in [3.8, 4) is 17.1 Å². The summed E-state index contributed by atoms with van der Waals surface area (Å²) in [7, 11) is 0. The number of carbonyl (C=O) groups excluding carboxylic acids is 1. The van der Waals surface area contributed by atoms with Gasteiger partial charge < -0.3 is 13.9 Å². The summed E-state index contributed by atoms with van der Waals surface area (Å²) in [5.74, 6) is 0.583. The van der Waals surface area contributed by atoms with Crippen LogP contribution in [0.5, 0.6) is 5.75 Å². The second-order valence-corrected chi connectivity index (χ2v) is 10.1. The maximum absolute atomic E-state index is 13.8. The lowest BCUT2D eigenvalue weighted by molar-refractivity contribution is -0.139. The number of halogens is 3. The molecule has 0 spiro atoms. The third-order valence-electron chi connectivity index (χ3n) is 6.40. The number of aromatic nitrogens is 1. The zero-order valence-electron chi connectivity index (χ0n) is 22.3. The Bertz CT molecular complexity index is 1810. The minimum atomic E-state index is -4.49. The van der Waals surface area contributed by atoms with Gasteiger partial charge in [0.1, 0.15) is 17.3 Å². The van der Waals surface area contributed by atoms with E-state index in [0.717, 1.165) is 23.5 Å². The van der Waals surface area contributed by atoms with Gasteiger partial charge in [-0.2, -0.15) is 13.2 Å². The van der Waals surface area contributed by atoms with Crippen LogP contribution in [0.15, 0.2) is 86.1 Å². The average Bonchev–Trinajstić information content (AvgIpc) is 3.52. The molecule has 2 aromatic heterocycles. The molecule has 0 fully saturated rings. The van der Waals surface area contributed by atoms with E-state index in [9.17, 15) is 22.8 Å². The summed E-state index contributed by atoms with van der Waals surface area (Å²) in [4.78, 5) is 31.7. The summed E-state index contributed by atoms with van der Waals surface area (Å²) in [6, 6.07) is 14.3. The van der Waals surface area contributed by atoms with Crippen molar-refractivity contribution in [2.75, 3.05) is 13.2 Å². The lowest BCUT2D eigenvalue weighted by Gasteiger charge is -2.24. The van der Waals surface area contributed by atoms with Gasteiger partial charge in [0.05, 0.1) is 40.6 Å². The number of fused-ring (bicyclic) bond motifs is 1. The Labute approximate surface area is 236 Å². The van der Waals surface area contributed by atoms with Crippen LogP contribution in [0.25, 0.3) is 17.4 Å². The largest absolute Gasteiger partial charge is 0.494 e. The van der Waals surface area contributed by atoms with E-state index in [0.29, 0.717) is 28.4 Å². The molecular formula is C30H25F3N2O5S. The maximum atomic E-state index is 13.8. The molecular weight excluding hydrogens is 557 g/mol. The van der Waals surface area contributed by atoms with Gasteiger partial charge in [-0.1, -0.05) is 35.6 Å². The normalized spacial score (nSPS) is 15.5. The minimum Gasteiger partial charge on any atom is -0.494 e. The molecule has 212 valence electrons. The molecule has 7 nitrogen and oxygen atoms in total. The third kappa shape index (κ3) is 5.62. The van der Waals surface area contributed by atoms with Crippen LogP contribution in [0, 0.1) is 0 Å². The minimum absolute atomic E-state index is 0.155. The first kappa shape index (κ1) is 28.2. The Morgan fingerprint density at radius 1 is 1.10 bits per heavy atom. The number of carbonyl (C=O) groups is 1. The van der Waals surface area contributed by atoms with E-state index >= 15 is 0 Å². The first-order valence-electron chi connectivity index (χ1n) is 12.8. The summed E-state index contributed by atoms with van der Waals surface area (Å²) in [6.45, 7) is 5.91. The lowest BCUT2D eigenvalue weighted by Crippen LogP contribution is -2.39. The molecule has 11 heteroatoms. The Hall–Kier alpha value is -4.38. The van der Waals surface area contributed by atoms with Crippen LogP contribution in [0.2, 0.25) is 0 Å². The van der Waals surface area contributed by atoms with Crippen molar-refractivity contribution in [1.82, 2.24) is 4.57 Å². The number of furan rings is 1. The summed E-state index contributed by atoms with van der Waals surface area (Å²) >= 11 is 1.12. The van der Waals surface area contributed by atoms with Crippen LogP contribution in [0.1, 0.15) is 43.7 Å². The fourth-order valence-electron chi connectivity index (χ4n) is 4.58. The van der Waals surface area contributed by atoms with Gasteiger partial charge in [0.2, 0.25) is 0 Å². The second-order valence-electron chi connectivity index (χ2n) is 9.08. The van der Waals surface area contributed by atoms with Gasteiger partial charge in [0.15, 0.2) is 4.80 Å². The van der Waals surface area contributed by atoms with E-state index in [1.54, 1.807) is 50.2 Å². The van der Waals surface area contributed by atoms with Crippen molar-refractivity contribution in [2.24, 2.45) is 4.99 Å². The quantitative estimate of drug-likeness (QED) is 0.270. The number of allylic oxidation sites excluding steroid dienone is 1. The lowest BCUT2D eigenvalue weighted by atomic mass is 9.96. The SMILES string of the molecule is CCOC(=O)C1=C(C)N=c2s/c(=C\c3ccc(-c4cccc(C(F)(F)F)c4)o3)c(=O)n2[C@H]1c1ccc(OCC)cc1. The van der Waals surface area contributed by atoms with E-state index in [4.69, 9.17) is 13.9 Å². The molecule has 4 aromatic rings. The molecule has 1 atom stereocenters. The predicted molar refractivity (Wildman–Crippen MR) is 147 cm³/mol. The van der Waals surface area contributed by atoms with E-state index in [2.05, 4.69) is 4.99 Å². The number of alkyl halides is 3. The molecule has 0 N–H and O–H groups in total. The first-order valence-corrected chi connectivity index (χ1v) is 13.6. The van der Waals surface area contributed by atoms with Gasteiger partial charge in [-0.15, -0.1) is 0 Å². The number of nitrogens with zero attached hydrogens (tertiary/aromatic N) is 2. The van der Waals surface area contributed by atoms with Crippen LogP contribution in [0.3, 0.4) is 0 Å². The smallest absolute Gasteiger partial charge is 0.416 e. The van der Waals surface area contributed by atoms with Crippen molar-refractivity contribution in [3.63, 3.8) is 0 Å². The van der Waals surface area contributed by atoms with Crippen molar-refractivity contribution in [2.45, 2.75) is 33.0 Å². The molecule has 0 bridgehead atoms. The van der Waals surface area contributed by atoms with Gasteiger partial charge in [-0.3, -0.25) is 9.36 Å². The Morgan fingerprint density at radius 2 is 1.85 bits per heavy atom. The van der Waals surface area contributed by atoms with Crippen molar-refractivity contribution >= 4 is 23.4 Å². The number of hydrogen-bond acceptors (Lipinski definition) is 7. The molecule has 1 aliphatic heterocycles. The zero-order chi connectivity index (χ0) is 29.3. The first-order chi connectivity index (χ1) is 19.6. The number of rotatable bonds is 7. The van der Waals surface area contributed by atoms with Crippen LogP contribution in [0.4, 0.5) is 13.2 Å². The highest BCUT2D eigenvalue weighted by Gasteiger charge is 2.33. The molecule has 0 unspecified atom stereocenters. The summed E-state index contributed by atoms with van der Waals surface area (Å²) in [5, 5.41) is 0. The standard InChI is InChI=1S/C30H25F3N2O5S/c1-4-38-21-11-9-18(10-12-21)26-25(28(37)39-5-2)17(3)34-29-35(26)27(36)24(41-29)16-22-13-14-23(40-22)19-7-6-8-20(15-19)30(31,32)33/h6-16,26H,4-5H2,1-3H3/b24-16-/t26-/m0/s1. The Balaban J connectivity index is 1.59. The van der Waals surface area contributed by atoms with E-state index < -0.39 is 29.3 Å². The van der Waals surface area contributed by atoms with Gasteiger partial charge in [0, 0.05) is 11.6 Å². The second kappa shape index (κ2) is 11.2. The van der Waals surface area contributed by atoms with Crippen LogP contribution in [-0.4, -0.2) is 23.8 Å². The number of ether oxygens (including phenoxy) is 2. The topological polar surface area (TPSA) is 83.0 Å². The van der Waals surface area contributed by atoms with Gasteiger partial charge >= 0.3 is 12.1 Å². The third-order valence-corrected chi connectivity index (χ3v) is 7.38. The molecule has 0 radical (unpaired) electrons. The zero-order valence-corrected chi connectivity index (χ0v) is 23.1.